The van der Waals surface area contributed by atoms with Crippen molar-refractivity contribution in [3.63, 3.8) is 0 Å². The van der Waals surface area contributed by atoms with Crippen molar-refractivity contribution in [3.05, 3.63) is 58.2 Å². The van der Waals surface area contributed by atoms with Crippen molar-refractivity contribution in [2.24, 2.45) is 5.92 Å². The van der Waals surface area contributed by atoms with Crippen LogP contribution in [0.1, 0.15) is 59.6 Å². The van der Waals surface area contributed by atoms with Gasteiger partial charge in [-0.15, -0.1) is 0 Å². The van der Waals surface area contributed by atoms with Crippen LogP contribution in [0.5, 0.6) is 0 Å². The Labute approximate surface area is 149 Å². The van der Waals surface area contributed by atoms with Crippen LogP contribution in [0.25, 0.3) is 0 Å². The Kier molecular flexibility index (Phi) is 5.26. The summed E-state index contributed by atoms with van der Waals surface area (Å²) in [5.74, 6) is 0.156. The van der Waals surface area contributed by atoms with Crippen LogP contribution in [0.3, 0.4) is 0 Å². The first-order valence-electron chi connectivity index (χ1n) is 9.21. The Bertz CT molecular complexity index is 776. The number of amides is 1. The third-order valence-corrected chi connectivity index (χ3v) is 4.96. The van der Waals surface area contributed by atoms with E-state index in [0.29, 0.717) is 19.0 Å². The zero-order valence-corrected chi connectivity index (χ0v) is 15.4. The molecule has 1 aliphatic carbocycles. The minimum absolute atomic E-state index is 0.0167. The minimum Gasteiger partial charge on any atom is -0.350 e. The van der Waals surface area contributed by atoms with Crippen molar-refractivity contribution in [1.82, 2.24) is 9.88 Å². The molecule has 2 aromatic rings. The lowest BCUT2D eigenvalue weighted by atomic mass is 9.95. The molecular formula is C21H27FN2O. The molecule has 3 nitrogen and oxygen atoms in total. The van der Waals surface area contributed by atoms with E-state index in [1.54, 1.807) is 12.1 Å². The van der Waals surface area contributed by atoms with Crippen LogP contribution in [0.4, 0.5) is 4.39 Å². The molecule has 0 aliphatic heterocycles. The van der Waals surface area contributed by atoms with E-state index in [-0.39, 0.29) is 11.7 Å². The van der Waals surface area contributed by atoms with E-state index in [4.69, 9.17) is 0 Å². The summed E-state index contributed by atoms with van der Waals surface area (Å²) in [6.45, 7) is 7.43. The van der Waals surface area contributed by atoms with Crippen LogP contribution in [0.2, 0.25) is 0 Å². The Balaban J connectivity index is 2.00. The number of carbonyl (C=O) groups excluding carboxylic acids is 1. The summed E-state index contributed by atoms with van der Waals surface area (Å²) in [5.41, 5.74) is 5.30. The van der Waals surface area contributed by atoms with Gasteiger partial charge in [-0.2, -0.15) is 0 Å². The van der Waals surface area contributed by atoms with Crippen LogP contribution in [0, 0.1) is 18.7 Å². The number of aromatic nitrogens is 1. The van der Waals surface area contributed by atoms with E-state index in [1.807, 2.05) is 6.07 Å². The molecule has 1 aromatic carbocycles. The molecule has 0 atom stereocenters. The van der Waals surface area contributed by atoms with E-state index in [2.05, 4.69) is 30.7 Å². The number of halogens is 1. The maximum absolute atomic E-state index is 13.6. The number of rotatable bonds is 5. The van der Waals surface area contributed by atoms with Crippen LogP contribution in [0.15, 0.2) is 24.3 Å². The summed E-state index contributed by atoms with van der Waals surface area (Å²) < 4.78 is 15.7. The molecule has 0 saturated carbocycles. The molecule has 0 saturated heterocycles. The average Bonchev–Trinajstić information content (AvgIpc) is 2.85. The first kappa shape index (κ1) is 17.7. The van der Waals surface area contributed by atoms with E-state index >= 15 is 0 Å². The molecule has 1 heterocycles. The summed E-state index contributed by atoms with van der Waals surface area (Å²) in [6.07, 6.45) is 4.34. The number of carbonyl (C=O) groups is 1. The fourth-order valence-electron chi connectivity index (χ4n) is 3.74. The van der Waals surface area contributed by atoms with Crippen LogP contribution in [-0.4, -0.2) is 17.0 Å². The largest absolute Gasteiger partial charge is 0.350 e. The number of hydrogen-bond donors (Lipinski definition) is 1. The Morgan fingerprint density at radius 3 is 2.76 bits per heavy atom. The Morgan fingerprint density at radius 1 is 1.28 bits per heavy atom. The van der Waals surface area contributed by atoms with Gasteiger partial charge in [0.2, 0.25) is 0 Å². The maximum Gasteiger partial charge on any atom is 0.268 e. The fourth-order valence-corrected chi connectivity index (χ4v) is 3.74. The van der Waals surface area contributed by atoms with Gasteiger partial charge in [0.1, 0.15) is 11.5 Å². The highest BCUT2D eigenvalue weighted by atomic mass is 19.1. The first-order valence-corrected chi connectivity index (χ1v) is 9.21. The van der Waals surface area contributed by atoms with Crippen LogP contribution in [-0.2, 0) is 19.4 Å². The summed E-state index contributed by atoms with van der Waals surface area (Å²) in [6, 6.07) is 6.66. The number of hydrogen-bond acceptors (Lipinski definition) is 1. The molecule has 3 rings (SSSR count). The molecule has 1 aromatic heterocycles. The SMILES string of the molecule is Cc1c2c(n(Cc3cccc(F)c3)c1C(=O)NCC(C)C)CCCC2. The Hall–Kier alpha value is -2.10. The number of fused-ring (bicyclic) bond motifs is 1. The average molecular weight is 342 g/mol. The molecule has 0 spiro atoms. The molecule has 1 aliphatic rings. The zero-order valence-electron chi connectivity index (χ0n) is 15.4. The molecule has 0 radical (unpaired) electrons. The molecule has 0 bridgehead atoms. The molecule has 25 heavy (non-hydrogen) atoms. The second kappa shape index (κ2) is 7.42. The van der Waals surface area contributed by atoms with Crippen molar-refractivity contribution in [3.8, 4) is 0 Å². The highest BCUT2D eigenvalue weighted by Crippen LogP contribution is 2.30. The summed E-state index contributed by atoms with van der Waals surface area (Å²) in [7, 11) is 0. The molecule has 134 valence electrons. The smallest absolute Gasteiger partial charge is 0.268 e. The van der Waals surface area contributed by atoms with E-state index in [1.165, 1.54) is 23.7 Å². The van der Waals surface area contributed by atoms with Crippen molar-refractivity contribution in [2.75, 3.05) is 6.54 Å². The van der Waals surface area contributed by atoms with Crippen LogP contribution >= 0.6 is 0 Å². The van der Waals surface area contributed by atoms with E-state index < -0.39 is 0 Å². The van der Waals surface area contributed by atoms with Gasteiger partial charge in [0.25, 0.3) is 5.91 Å². The second-order valence-electron chi connectivity index (χ2n) is 7.43. The topological polar surface area (TPSA) is 34.0 Å². The summed E-state index contributed by atoms with van der Waals surface area (Å²) in [5, 5.41) is 3.05. The minimum atomic E-state index is -0.235. The highest BCUT2D eigenvalue weighted by Gasteiger charge is 2.26. The van der Waals surface area contributed by atoms with Gasteiger partial charge in [-0.1, -0.05) is 26.0 Å². The third-order valence-electron chi connectivity index (χ3n) is 4.96. The van der Waals surface area contributed by atoms with Gasteiger partial charge in [0.15, 0.2) is 0 Å². The molecule has 4 heteroatoms. The van der Waals surface area contributed by atoms with Gasteiger partial charge >= 0.3 is 0 Å². The Morgan fingerprint density at radius 2 is 2.04 bits per heavy atom. The van der Waals surface area contributed by atoms with E-state index in [9.17, 15) is 9.18 Å². The van der Waals surface area contributed by atoms with Crippen molar-refractivity contribution < 1.29 is 9.18 Å². The number of nitrogens with zero attached hydrogens (tertiary/aromatic N) is 1. The lowest BCUT2D eigenvalue weighted by Gasteiger charge is -2.17. The normalized spacial score (nSPS) is 13.8. The summed E-state index contributed by atoms with van der Waals surface area (Å²) >= 11 is 0. The predicted octanol–water partition coefficient (Wildman–Crippen LogP) is 4.25. The number of nitrogens with one attached hydrogen (secondary N) is 1. The van der Waals surface area contributed by atoms with Crippen molar-refractivity contribution in [2.45, 2.75) is 53.0 Å². The van der Waals surface area contributed by atoms with Gasteiger partial charge in [-0.3, -0.25) is 4.79 Å². The fraction of sp³-hybridized carbons (Fsp3) is 0.476. The predicted molar refractivity (Wildman–Crippen MR) is 98.5 cm³/mol. The lowest BCUT2D eigenvalue weighted by molar-refractivity contribution is 0.0939. The maximum atomic E-state index is 13.6. The molecule has 0 unspecified atom stereocenters. The molecular weight excluding hydrogens is 315 g/mol. The van der Waals surface area contributed by atoms with Gasteiger partial charge in [0.05, 0.1) is 0 Å². The van der Waals surface area contributed by atoms with Crippen LogP contribution < -0.4 is 5.32 Å². The molecule has 1 N–H and O–H groups in total. The van der Waals surface area contributed by atoms with E-state index in [0.717, 1.165) is 36.1 Å². The van der Waals surface area contributed by atoms with Gasteiger partial charge in [0, 0.05) is 18.8 Å². The van der Waals surface area contributed by atoms with Gasteiger partial charge < -0.3 is 9.88 Å². The second-order valence-corrected chi connectivity index (χ2v) is 7.43. The van der Waals surface area contributed by atoms with Gasteiger partial charge in [-0.25, -0.2) is 4.39 Å². The summed E-state index contributed by atoms with van der Waals surface area (Å²) in [4.78, 5) is 12.9. The quantitative estimate of drug-likeness (QED) is 0.866. The lowest BCUT2D eigenvalue weighted by Crippen LogP contribution is -2.30. The first-order chi connectivity index (χ1) is 12.0. The van der Waals surface area contributed by atoms with Crippen molar-refractivity contribution >= 4 is 5.91 Å². The van der Waals surface area contributed by atoms with Gasteiger partial charge in [-0.05, 0) is 67.3 Å². The van der Waals surface area contributed by atoms with Crippen molar-refractivity contribution in [1.29, 1.82) is 0 Å². The highest BCUT2D eigenvalue weighted by molar-refractivity contribution is 5.95. The molecule has 1 amide bonds. The number of benzene rings is 1. The monoisotopic (exact) mass is 342 g/mol. The zero-order chi connectivity index (χ0) is 18.0. The standard InChI is InChI=1S/C21H27FN2O/c1-14(2)12-23-21(25)20-15(3)18-9-4-5-10-19(18)24(20)13-16-7-6-8-17(22)11-16/h6-8,11,14H,4-5,9-10,12-13H2,1-3H3,(H,23,25). The third kappa shape index (κ3) is 3.78. The molecule has 0 fully saturated rings.